The zero-order chi connectivity index (χ0) is 16.0. The molecule has 0 heterocycles. The van der Waals surface area contributed by atoms with Crippen LogP contribution in [0.5, 0.6) is 17.2 Å². The van der Waals surface area contributed by atoms with Crippen LogP contribution in [0, 0.1) is 0 Å². The molecular weight excluding hydrogens is 276 g/mol. The summed E-state index contributed by atoms with van der Waals surface area (Å²) < 4.78 is 15.5. The van der Waals surface area contributed by atoms with Crippen molar-refractivity contribution in [2.24, 2.45) is 5.73 Å². The first-order valence-corrected chi connectivity index (χ1v) is 6.32. The average Bonchev–Trinajstić information content (AvgIpc) is 2.44. The lowest BCUT2D eigenvalue weighted by molar-refractivity contribution is -0.118. The standard InChI is InChI=1S/C14H20N2O5/c1-8(5-12(15)17)16-14(18)9-6-10(19-2)13(21-4)11(7-9)20-3/h6-8H,5H2,1-4H3,(H2,15,17)(H,16,18). The molecule has 0 fully saturated rings. The van der Waals surface area contributed by atoms with Crippen molar-refractivity contribution in [2.75, 3.05) is 21.3 Å². The van der Waals surface area contributed by atoms with Crippen molar-refractivity contribution in [1.29, 1.82) is 0 Å². The Morgan fingerprint density at radius 3 is 2.05 bits per heavy atom. The zero-order valence-corrected chi connectivity index (χ0v) is 12.6. The van der Waals surface area contributed by atoms with E-state index in [0.717, 1.165) is 0 Å². The summed E-state index contributed by atoms with van der Waals surface area (Å²) >= 11 is 0. The maximum Gasteiger partial charge on any atom is 0.251 e. The van der Waals surface area contributed by atoms with Crippen molar-refractivity contribution in [3.8, 4) is 17.2 Å². The monoisotopic (exact) mass is 296 g/mol. The number of amides is 2. The minimum Gasteiger partial charge on any atom is -0.493 e. The van der Waals surface area contributed by atoms with Gasteiger partial charge in [-0.3, -0.25) is 9.59 Å². The van der Waals surface area contributed by atoms with Gasteiger partial charge in [-0.1, -0.05) is 0 Å². The molecule has 7 heteroatoms. The fraction of sp³-hybridized carbons (Fsp3) is 0.429. The predicted molar refractivity (Wildman–Crippen MR) is 76.8 cm³/mol. The van der Waals surface area contributed by atoms with Gasteiger partial charge in [-0.05, 0) is 19.1 Å². The molecule has 1 unspecified atom stereocenters. The normalized spacial score (nSPS) is 11.4. The van der Waals surface area contributed by atoms with Gasteiger partial charge in [0.25, 0.3) is 5.91 Å². The summed E-state index contributed by atoms with van der Waals surface area (Å²) in [5.74, 6) is 0.325. The third-order valence-corrected chi connectivity index (χ3v) is 2.81. The number of carbonyl (C=O) groups is 2. The number of rotatable bonds is 7. The highest BCUT2D eigenvalue weighted by Gasteiger charge is 2.18. The molecule has 3 N–H and O–H groups in total. The highest BCUT2D eigenvalue weighted by atomic mass is 16.5. The van der Waals surface area contributed by atoms with Crippen LogP contribution < -0.4 is 25.3 Å². The van der Waals surface area contributed by atoms with E-state index in [2.05, 4.69) is 5.32 Å². The summed E-state index contributed by atoms with van der Waals surface area (Å²) in [6, 6.07) is 2.70. The van der Waals surface area contributed by atoms with Crippen LogP contribution >= 0.6 is 0 Å². The number of carbonyl (C=O) groups excluding carboxylic acids is 2. The number of nitrogens with two attached hydrogens (primary N) is 1. The molecule has 7 nitrogen and oxygen atoms in total. The Balaban J connectivity index is 3.02. The molecule has 0 radical (unpaired) electrons. The second kappa shape index (κ2) is 7.37. The number of nitrogens with one attached hydrogen (secondary N) is 1. The summed E-state index contributed by atoms with van der Waals surface area (Å²) in [5.41, 5.74) is 5.42. The molecule has 21 heavy (non-hydrogen) atoms. The van der Waals surface area contributed by atoms with Crippen LogP contribution in [0.1, 0.15) is 23.7 Å². The van der Waals surface area contributed by atoms with Crippen molar-refractivity contribution in [3.05, 3.63) is 17.7 Å². The number of methoxy groups -OCH3 is 3. The van der Waals surface area contributed by atoms with E-state index in [1.807, 2.05) is 0 Å². The molecule has 1 aromatic carbocycles. The van der Waals surface area contributed by atoms with E-state index in [0.29, 0.717) is 22.8 Å². The minimum absolute atomic E-state index is 0.0656. The first kappa shape index (κ1) is 16.6. The lowest BCUT2D eigenvalue weighted by Gasteiger charge is -2.16. The van der Waals surface area contributed by atoms with Crippen LogP contribution in [0.25, 0.3) is 0 Å². The van der Waals surface area contributed by atoms with Crippen LogP contribution in [0.4, 0.5) is 0 Å². The minimum atomic E-state index is -0.479. The van der Waals surface area contributed by atoms with E-state index in [4.69, 9.17) is 19.9 Å². The van der Waals surface area contributed by atoms with E-state index in [-0.39, 0.29) is 18.4 Å². The molecule has 2 amide bonds. The van der Waals surface area contributed by atoms with E-state index >= 15 is 0 Å². The van der Waals surface area contributed by atoms with E-state index in [9.17, 15) is 9.59 Å². The fourth-order valence-electron chi connectivity index (χ4n) is 1.87. The molecule has 1 rings (SSSR count). The topological polar surface area (TPSA) is 99.9 Å². The Morgan fingerprint density at radius 1 is 1.14 bits per heavy atom. The lowest BCUT2D eigenvalue weighted by atomic mass is 10.1. The maximum absolute atomic E-state index is 12.2. The maximum atomic E-state index is 12.2. The largest absolute Gasteiger partial charge is 0.493 e. The summed E-state index contributed by atoms with van der Waals surface area (Å²) in [5, 5.41) is 2.68. The van der Waals surface area contributed by atoms with Crippen LogP contribution in [0.2, 0.25) is 0 Å². The molecule has 1 aromatic rings. The van der Waals surface area contributed by atoms with Gasteiger partial charge in [0.2, 0.25) is 11.7 Å². The molecule has 0 saturated carbocycles. The number of ether oxygens (including phenoxy) is 3. The quantitative estimate of drug-likeness (QED) is 0.771. The molecule has 0 aliphatic rings. The van der Waals surface area contributed by atoms with Gasteiger partial charge >= 0.3 is 0 Å². The Kier molecular flexibility index (Phi) is 5.83. The summed E-state index contributed by atoms with van der Waals surface area (Å²) in [6.07, 6.45) is 0.0656. The van der Waals surface area contributed by atoms with Gasteiger partial charge in [0.15, 0.2) is 11.5 Å². The number of benzene rings is 1. The highest BCUT2D eigenvalue weighted by Crippen LogP contribution is 2.38. The van der Waals surface area contributed by atoms with Crippen LogP contribution in [-0.2, 0) is 4.79 Å². The van der Waals surface area contributed by atoms with E-state index < -0.39 is 5.91 Å². The molecule has 0 aromatic heterocycles. The third-order valence-electron chi connectivity index (χ3n) is 2.81. The zero-order valence-electron chi connectivity index (χ0n) is 12.6. The van der Waals surface area contributed by atoms with Gasteiger partial charge in [0.05, 0.1) is 21.3 Å². The van der Waals surface area contributed by atoms with E-state index in [1.54, 1.807) is 6.92 Å². The molecule has 0 aliphatic heterocycles. The molecule has 116 valence electrons. The van der Waals surface area contributed by atoms with Crippen molar-refractivity contribution >= 4 is 11.8 Å². The van der Waals surface area contributed by atoms with Gasteiger partial charge in [-0.25, -0.2) is 0 Å². The smallest absolute Gasteiger partial charge is 0.251 e. The van der Waals surface area contributed by atoms with Crippen LogP contribution in [-0.4, -0.2) is 39.2 Å². The van der Waals surface area contributed by atoms with Gasteiger partial charge in [-0.2, -0.15) is 0 Å². The number of primary amides is 1. The van der Waals surface area contributed by atoms with Gasteiger partial charge in [-0.15, -0.1) is 0 Å². The van der Waals surface area contributed by atoms with Crippen molar-refractivity contribution < 1.29 is 23.8 Å². The number of hydrogen-bond donors (Lipinski definition) is 2. The highest BCUT2D eigenvalue weighted by molar-refractivity contribution is 5.96. The Hall–Kier alpha value is -2.44. The van der Waals surface area contributed by atoms with Crippen molar-refractivity contribution in [2.45, 2.75) is 19.4 Å². The van der Waals surface area contributed by atoms with E-state index in [1.165, 1.54) is 33.5 Å². The summed E-state index contributed by atoms with van der Waals surface area (Å²) in [7, 11) is 4.42. The SMILES string of the molecule is COc1cc(C(=O)NC(C)CC(N)=O)cc(OC)c1OC. The van der Waals surface area contributed by atoms with Crippen molar-refractivity contribution in [1.82, 2.24) is 5.32 Å². The Labute approximate surface area is 123 Å². The van der Waals surface area contributed by atoms with Crippen molar-refractivity contribution in [3.63, 3.8) is 0 Å². The molecule has 0 saturated heterocycles. The number of hydrogen-bond acceptors (Lipinski definition) is 5. The molecule has 1 atom stereocenters. The third kappa shape index (κ3) is 4.27. The van der Waals surface area contributed by atoms with Gasteiger partial charge in [0, 0.05) is 18.0 Å². The molecule has 0 aliphatic carbocycles. The molecular formula is C14H20N2O5. The predicted octanol–water partition coefficient (Wildman–Crippen LogP) is 0.706. The second-order valence-corrected chi connectivity index (χ2v) is 4.46. The van der Waals surface area contributed by atoms with Gasteiger partial charge in [0.1, 0.15) is 0 Å². The fourth-order valence-corrected chi connectivity index (χ4v) is 1.87. The Bertz CT molecular complexity index is 505. The van der Waals surface area contributed by atoms with Crippen LogP contribution in [0.15, 0.2) is 12.1 Å². The lowest BCUT2D eigenvalue weighted by Crippen LogP contribution is -2.35. The molecule has 0 bridgehead atoms. The van der Waals surface area contributed by atoms with Crippen LogP contribution in [0.3, 0.4) is 0 Å². The average molecular weight is 296 g/mol. The summed E-state index contributed by atoms with van der Waals surface area (Å²) in [4.78, 5) is 23.0. The first-order chi connectivity index (χ1) is 9.92. The van der Waals surface area contributed by atoms with Gasteiger partial charge < -0.3 is 25.3 Å². The summed E-state index contributed by atoms with van der Waals surface area (Å²) in [6.45, 7) is 1.70. The Morgan fingerprint density at radius 2 is 1.67 bits per heavy atom. The second-order valence-electron chi connectivity index (χ2n) is 4.46. The molecule has 0 spiro atoms. The first-order valence-electron chi connectivity index (χ1n) is 6.32.